The number of carbonyl (C=O) groups excluding carboxylic acids is 1. The van der Waals surface area contributed by atoms with Crippen LogP contribution in [0.2, 0.25) is 0 Å². The van der Waals surface area contributed by atoms with E-state index >= 15 is 0 Å². The third-order valence-electron chi connectivity index (χ3n) is 3.05. The van der Waals surface area contributed by atoms with Crippen molar-refractivity contribution in [2.75, 3.05) is 6.61 Å². The molecule has 1 amide bonds. The number of hydrogen-bond donors (Lipinski definition) is 1. The lowest BCUT2D eigenvalue weighted by Gasteiger charge is -2.10. The van der Waals surface area contributed by atoms with E-state index in [0.29, 0.717) is 11.3 Å². The largest absolute Gasteiger partial charge is 0.482 e. The number of nitrogens with one attached hydrogen (secondary N) is 1. The Labute approximate surface area is 160 Å². The first-order chi connectivity index (χ1) is 11.9. The molecular weight excluding hydrogens is 458 g/mol. The zero-order valence-corrected chi connectivity index (χ0v) is 16.2. The van der Waals surface area contributed by atoms with Crippen LogP contribution in [0.1, 0.15) is 11.1 Å². The van der Waals surface area contributed by atoms with Crippen LogP contribution in [0.3, 0.4) is 0 Å². The minimum Gasteiger partial charge on any atom is -0.482 e. The van der Waals surface area contributed by atoms with Gasteiger partial charge in [0.1, 0.15) is 5.75 Å². The summed E-state index contributed by atoms with van der Waals surface area (Å²) in [5, 5.41) is 14.4. The van der Waals surface area contributed by atoms with Crippen molar-refractivity contribution in [1.82, 2.24) is 5.43 Å². The average molecular weight is 471 g/mol. The van der Waals surface area contributed by atoms with E-state index in [9.17, 15) is 14.9 Å². The number of benzene rings is 2. The predicted molar refractivity (Wildman–Crippen MR) is 101 cm³/mol. The van der Waals surface area contributed by atoms with Crippen LogP contribution in [0.4, 0.5) is 5.69 Å². The Kier molecular flexibility index (Phi) is 6.65. The van der Waals surface area contributed by atoms with E-state index in [2.05, 4.69) is 42.4 Å². The molecule has 25 heavy (non-hydrogen) atoms. The molecule has 0 atom stereocenters. The Morgan fingerprint density at radius 2 is 2.00 bits per heavy atom. The van der Waals surface area contributed by atoms with Gasteiger partial charge in [0.15, 0.2) is 6.61 Å². The SMILES string of the molecule is Cc1cc(Br)cc(Br)c1OCC(=O)NN=Cc1ccc([N+](=O)[O-])cc1. The van der Waals surface area contributed by atoms with Crippen LogP contribution in [0.25, 0.3) is 0 Å². The molecule has 130 valence electrons. The predicted octanol–water partition coefficient (Wildman–Crippen LogP) is 3.96. The number of halogens is 2. The molecule has 7 nitrogen and oxygen atoms in total. The number of nitro groups is 1. The summed E-state index contributed by atoms with van der Waals surface area (Å²) >= 11 is 6.76. The van der Waals surface area contributed by atoms with Gasteiger partial charge in [-0.2, -0.15) is 5.10 Å². The summed E-state index contributed by atoms with van der Waals surface area (Å²) in [7, 11) is 0. The van der Waals surface area contributed by atoms with Gasteiger partial charge in [0, 0.05) is 16.6 Å². The second-order valence-corrected chi connectivity index (χ2v) is 6.73. The molecule has 9 heteroatoms. The number of aryl methyl sites for hydroxylation is 1. The fourth-order valence-corrected chi connectivity index (χ4v) is 3.46. The van der Waals surface area contributed by atoms with Gasteiger partial charge in [0.25, 0.3) is 11.6 Å². The normalized spacial score (nSPS) is 10.7. The van der Waals surface area contributed by atoms with Crippen LogP contribution in [0.5, 0.6) is 5.75 Å². The Hall–Kier alpha value is -2.26. The van der Waals surface area contributed by atoms with Gasteiger partial charge >= 0.3 is 0 Å². The van der Waals surface area contributed by atoms with E-state index in [1.54, 1.807) is 0 Å². The van der Waals surface area contributed by atoms with Crippen LogP contribution in [-0.4, -0.2) is 23.7 Å². The highest BCUT2D eigenvalue weighted by atomic mass is 79.9. The third kappa shape index (κ3) is 5.64. The second kappa shape index (κ2) is 8.72. The van der Waals surface area contributed by atoms with Crippen LogP contribution in [-0.2, 0) is 4.79 Å². The number of hydrogen-bond acceptors (Lipinski definition) is 5. The zero-order chi connectivity index (χ0) is 18.4. The molecule has 0 bridgehead atoms. The van der Waals surface area contributed by atoms with E-state index in [0.717, 1.165) is 14.5 Å². The Balaban J connectivity index is 1.87. The number of carbonyl (C=O) groups is 1. The minimum absolute atomic E-state index is 0.00923. The monoisotopic (exact) mass is 469 g/mol. The molecular formula is C16H13Br2N3O4. The molecule has 0 spiro atoms. The van der Waals surface area contributed by atoms with Gasteiger partial charge in [0.2, 0.25) is 0 Å². The molecule has 0 aliphatic heterocycles. The molecule has 1 N–H and O–H groups in total. The summed E-state index contributed by atoms with van der Waals surface area (Å²) in [6.07, 6.45) is 1.39. The van der Waals surface area contributed by atoms with Crippen molar-refractivity contribution in [1.29, 1.82) is 0 Å². The molecule has 2 rings (SSSR count). The maximum Gasteiger partial charge on any atom is 0.277 e. The highest BCUT2D eigenvalue weighted by molar-refractivity contribution is 9.11. The maximum absolute atomic E-state index is 11.8. The van der Waals surface area contributed by atoms with Crippen molar-refractivity contribution in [2.45, 2.75) is 6.92 Å². The third-order valence-corrected chi connectivity index (χ3v) is 4.10. The molecule has 0 radical (unpaired) electrons. The molecule has 0 saturated carbocycles. The van der Waals surface area contributed by atoms with E-state index in [1.807, 2.05) is 19.1 Å². The fraction of sp³-hybridized carbons (Fsp3) is 0.125. The Bertz CT molecular complexity index is 800. The van der Waals surface area contributed by atoms with Gasteiger partial charge in [-0.3, -0.25) is 14.9 Å². The number of non-ortho nitro benzene ring substituents is 1. The molecule has 2 aromatic carbocycles. The molecule has 0 aromatic heterocycles. The van der Waals surface area contributed by atoms with E-state index in [-0.39, 0.29) is 12.3 Å². The maximum atomic E-state index is 11.8. The number of amides is 1. The van der Waals surface area contributed by atoms with Gasteiger partial charge in [0.05, 0.1) is 15.6 Å². The van der Waals surface area contributed by atoms with Gasteiger partial charge in [-0.05, 0) is 58.2 Å². The lowest BCUT2D eigenvalue weighted by molar-refractivity contribution is -0.384. The zero-order valence-electron chi connectivity index (χ0n) is 13.0. The number of rotatable bonds is 6. The molecule has 0 unspecified atom stereocenters. The number of nitro benzene ring substituents is 1. The molecule has 2 aromatic rings. The standard InChI is InChI=1S/C16H13Br2N3O4/c1-10-6-12(17)7-14(18)16(10)25-9-15(22)20-19-8-11-2-4-13(5-3-11)21(23)24/h2-8H,9H2,1H3,(H,20,22). The smallest absolute Gasteiger partial charge is 0.277 e. The fourth-order valence-electron chi connectivity index (χ4n) is 1.90. The van der Waals surface area contributed by atoms with Gasteiger partial charge in [-0.1, -0.05) is 15.9 Å². The van der Waals surface area contributed by atoms with Gasteiger partial charge < -0.3 is 4.74 Å². The lowest BCUT2D eigenvalue weighted by Crippen LogP contribution is -2.24. The van der Waals surface area contributed by atoms with Crippen LogP contribution in [0.15, 0.2) is 50.4 Å². The summed E-state index contributed by atoms with van der Waals surface area (Å²) in [6.45, 7) is 1.67. The highest BCUT2D eigenvalue weighted by Crippen LogP contribution is 2.32. The first-order valence-corrected chi connectivity index (χ1v) is 8.60. The molecule has 0 aliphatic rings. The van der Waals surface area contributed by atoms with Crippen molar-refractivity contribution in [3.63, 3.8) is 0 Å². The highest BCUT2D eigenvalue weighted by Gasteiger charge is 2.09. The van der Waals surface area contributed by atoms with Gasteiger partial charge in [-0.25, -0.2) is 5.43 Å². The van der Waals surface area contributed by atoms with Crippen molar-refractivity contribution in [2.24, 2.45) is 5.10 Å². The Morgan fingerprint density at radius 3 is 2.60 bits per heavy atom. The molecule has 0 aliphatic carbocycles. The van der Waals surface area contributed by atoms with Gasteiger partial charge in [-0.15, -0.1) is 0 Å². The van der Waals surface area contributed by atoms with Crippen LogP contribution < -0.4 is 10.2 Å². The van der Waals surface area contributed by atoms with Crippen LogP contribution >= 0.6 is 31.9 Å². The van der Waals surface area contributed by atoms with E-state index < -0.39 is 10.8 Å². The summed E-state index contributed by atoms with van der Waals surface area (Å²) in [4.78, 5) is 21.9. The second-order valence-electron chi connectivity index (χ2n) is 4.96. The summed E-state index contributed by atoms with van der Waals surface area (Å²) in [6, 6.07) is 9.50. The summed E-state index contributed by atoms with van der Waals surface area (Å²) < 4.78 is 7.14. The van der Waals surface area contributed by atoms with E-state index in [1.165, 1.54) is 30.5 Å². The van der Waals surface area contributed by atoms with Crippen LogP contribution in [0, 0.1) is 17.0 Å². The minimum atomic E-state index is -0.484. The Morgan fingerprint density at radius 1 is 1.32 bits per heavy atom. The quantitative estimate of drug-likeness (QED) is 0.392. The van der Waals surface area contributed by atoms with Crippen molar-refractivity contribution in [3.05, 3.63) is 66.6 Å². The van der Waals surface area contributed by atoms with Crippen molar-refractivity contribution >= 4 is 49.7 Å². The summed E-state index contributed by atoms with van der Waals surface area (Å²) in [5.74, 6) is 0.157. The molecule has 0 heterocycles. The lowest BCUT2D eigenvalue weighted by atomic mass is 10.2. The average Bonchev–Trinajstić information content (AvgIpc) is 2.54. The number of nitrogens with zero attached hydrogens (tertiary/aromatic N) is 2. The summed E-state index contributed by atoms with van der Waals surface area (Å²) in [5.41, 5.74) is 3.83. The molecule has 0 saturated heterocycles. The number of ether oxygens (including phenoxy) is 1. The first-order valence-electron chi connectivity index (χ1n) is 7.01. The van der Waals surface area contributed by atoms with E-state index in [4.69, 9.17) is 4.74 Å². The first kappa shape index (κ1) is 19.1. The topological polar surface area (TPSA) is 93.8 Å². The van der Waals surface area contributed by atoms with Crippen molar-refractivity contribution in [3.8, 4) is 5.75 Å². The van der Waals surface area contributed by atoms with Crippen molar-refractivity contribution < 1.29 is 14.5 Å². The number of hydrazone groups is 1. The molecule has 0 fully saturated rings.